The van der Waals surface area contributed by atoms with Crippen LogP contribution in [0.1, 0.15) is 112 Å². The highest BCUT2D eigenvalue weighted by molar-refractivity contribution is 5.85. The molecule has 0 heterocycles. The predicted octanol–water partition coefficient (Wildman–Crippen LogP) is 16.3. The van der Waals surface area contributed by atoms with Gasteiger partial charge < -0.3 is 5.32 Å². The van der Waals surface area contributed by atoms with E-state index >= 15 is 0 Å². The molecule has 0 saturated carbocycles. The molecule has 6 aromatic rings. The lowest BCUT2D eigenvalue weighted by Gasteiger charge is -2.19. The molecule has 58 heavy (non-hydrogen) atoms. The summed E-state index contributed by atoms with van der Waals surface area (Å²) < 4.78 is 0. The first-order valence-corrected chi connectivity index (χ1v) is 21.4. The van der Waals surface area contributed by atoms with Crippen LogP contribution in [0.5, 0.6) is 0 Å². The van der Waals surface area contributed by atoms with E-state index in [-0.39, 0.29) is 6.04 Å². The van der Waals surface area contributed by atoms with Gasteiger partial charge in [-0.1, -0.05) is 191 Å². The van der Waals surface area contributed by atoms with Gasteiger partial charge in [-0.15, -0.1) is 0 Å². The van der Waals surface area contributed by atoms with Crippen molar-refractivity contribution in [2.45, 2.75) is 86.6 Å². The van der Waals surface area contributed by atoms with Crippen molar-refractivity contribution in [1.29, 1.82) is 0 Å². The van der Waals surface area contributed by atoms with Crippen LogP contribution < -0.4 is 5.32 Å². The SMILES string of the molecule is C=C(C)c1ccc(-c2ccccc2)cc1.CC.CC=C(NC(C)c1ccc2c(c1)Cc1ccc(-c3ccc(C)c(C4=C(CCC)CCC=C4)c3)cc1-2)c1ccccc1. The predicted molar refractivity (Wildman–Crippen MR) is 255 cm³/mol. The molecule has 0 radical (unpaired) electrons. The van der Waals surface area contributed by atoms with E-state index in [2.05, 4.69) is 191 Å². The molecule has 1 heteroatoms. The van der Waals surface area contributed by atoms with Gasteiger partial charge in [-0.2, -0.15) is 0 Å². The molecular weight excluding hydrogens is 699 g/mol. The number of nitrogens with one attached hydrogen (secondary N) is 1. The van der Waals surface area contributed by atoms with Crippen LogP contribution in [0.25, 0.3) is 50.2 Å². The molecule has 0 aliphatic heterocycles. The van der Waals surface area contributed by atoms with E-state index < -0.39 is 0 Å². The number of rotatable bonds is 10. The maximum absolute atomic E-state index is 3.93. The standard InChI is InChI=1S/C40H41N.C15H14.C2H6/c1-5-12-29-13-10-11-16-36(29)38-25-32(18-17-27(38)3)33-19-20-34-24-35-23-31(21-22-37(35)39(34)26-33)28(4)41-40(6-2)30-14-8-7-9-15-30;1-12(2)13-8-10-15(11-9-13)14-6-4-3-5-7-14;1-2/h6-9,11,14-23,25-26,28,41H,5,10,12-13,24H2,1-4H3;3-11H,1H2,2H3;1-2H3. The summed E-state index contributed by atoms with van der Waals surface area (Å²) >= 11 is 0. The van der Waals surface area contributed by atoms with E-state index in [1.54, 1.807) is 5.57 Å². The number of allylic oxidation sites excluding steroid dienone is 6. The fourth-order valence-corrected chi connectivity index (χ4v) is 8.15. The summed E-state index contributed by atoms with van der Waals surface area (Å²) in [6.45, 7) is 18.9. The van der Waals surface area contributed by atoms with Gasteiger partial charge in [-0.3, -0.25) is 0 Å². The molecule has 1 nitrogen and oxygen atoms in total. The van der Waals surface area contributed by atoms with Crippen LogP contribution in [0.2, 0.25) is 0 Å². The second-order valence-electron chi connectivity index (χ2n) is 15.4. The molecule has 8 rings (SSSR count). The number of aryl methyl sites for hydroxylation is 1. The van der Waals surface area contributed by atoms with Gasteiger partial charge in [-0.25, -0.2) is 0 Å². The Morgan fingerprint density at radius 2 is 1.33 bits per heavy atom. The zero-order valence-electron chi connectivity index (χ0n) is 35.8. The van der Waals surface area contributed by atoms with Crippen LogP contribution in [0.3, 0.4) is 0 Å². The van der Waals surface area contributed by atoms with Crippen molar-refractivity contribution in [2.75, 3.05) is 0 Å². The van der Waals surface area contributed by atoms with Crippen molar-refractivity contribution < 1.29 is 0 Å². The van der Waals surface area contributed by atoms with Crippen LogP contribution in [0.15, 0.2) is 170 Å². The fourth-order valence-electron chi connectivity index (χ4n) is 8.15. The maximum atomic E-state index is 3.93. The van der Waals surface area contributed by atoms with Crippen molar-refractivity contribution >= 4 is 16.8 Å². The van der Waals surface area contributed by atoms with Gasteiger partial charge in [-0.05, 0) is 143 Å². The third kappa shape index (κ3) is 9.78. The van der Waals surface area contributed by atoms with Gasteiger partial charge in [0.05, 0.1) is 0 Å². The lowest BCUT2D eigenvalue weighted by atomic mass is 9.86. The molecule has 294 valence electrons. The van der Waals surface area contributed by atoms with E-state index in [4.69, 9.17) is 0 Å². The van der Waals surface area contributed by atoms with E-state index in [1.165, 1.54) is 109 Å². The van der Waals surface area contributed by atoms with Crippen molar-refractivity contribution in [3.8, 4) is 33.4 Å². The average molecular weight is 760 g/mol. The molecule has 0 bridgehead atoms. The van der Waals surface area contributed by atoms with Gasteiger partial charge in [0.25, 0.3) is 0 Å². The molecular formula is C57H61N. The Hall–Kier alpha value is -5.92. The molecule has 0 spiro atoms. The Bertz CT molecular complexity index is 2400. The summed E-state index contributed by atoms with van der Waals surface area (Å²) in [6, 6.07) is 50.9. The third-order valence-electron chi connectivity index (χ3n) is 11.3. The van der Waals surface area contributed by atoms with Crippen LogP contribution in [-0.2, 0) is 6.42 Å². The monoisotopic (exact) mass is 759 g/mol. The highest BCUT2D eigenvalue weighted by Crippen LogP contribution is 2.41. The van der Waals surface area contributed by atoms with Crippen LogP contribution in [0.4, 0.5) is 0 Å². The van der Waals surface area contributed by atoms with Gasteiger partial charge >= 0.3 is 0 Å². The van der Waals surface area contributed by atoms with Crippen LogP contribution in [0, 0.1) is 6.92 Å². The van der Waals surface area contributed by atoms with Gasteiger partial charge in [0.15, 0.2) is 0 Å². The Morgan fingerprint density at radius 1 is 0.690 bits per heavy atom. The zero-order chi connectivity index (χ0) is 41.0. The summed E-state index contributed by atoms with van der Waals surface area (Å²) in [7, 11) is 0. The Kier molecular flexibility index (Phi) is 14.4. The minimum Gasteiger partial charge on any atom is -0.378 e. The molecule has 2 aliphatic carbocycles. The van der Waals surface area contributed by atoms with Gasteiger partial charge in [0.1, 0.15) is 0 Å². The molecule has 1 atom stereocenters. The van der Waals surface area contributed by atoms with E-state index in [0.717, 1.165) is 12.0 Å². The molecule has 1 N–H and O–H groups in total. The third-order valence-corrected chi connectivity index (χ3v) is 11.3. The van der Waals surface area contributed by atoms with Crippen LogP contribution in [-0.4, -0.2) is 0 Å². The summed E-state index contributed by atoms with van der Waals surface area (Å²) in [6.07, 6.45) is 12.6. The summed E-state index contributed by atoms with van der Waals surface area (Å²) in [5.41, 5.74) is 22.6. The zero-order valence-corrected chi connectivity index (χ0v) is 35.8. The molecule has 0 fully saturated rings. The normalized spacial score (nSPS) is 13.3. The first-order chi connectivity index (χ1) is 28.3. The number of benzene rings is 6. The van der Waals surface area contributed by atoms with Gasteiger partial charge in [0.2, 0.25) is 0 Å². The minimum absolute atomic E-state index is 0.220. The molecule has 0 aromatic heterocycles. The second kappa shape index (κ2) is 20.0. The average Bonchev–Trinajstić information content (AvgIpc) is 3.65. The van der Waals surface area contributed by atoms with Crippen molar-refractivity contribution in [2.24, 2.45) is 0 Å². The Labute approximate surface area is 349 Å². The highest BCUT2D eigenvalue weighted by Gasteiger charge is 2.21. The number of hydrogen-bond acceptors (Lipinski definition) is 1. The highest BCUT2D eigenvalue weighted by atomic mass is 14.9. The first kappa shape index (κ1) is 41.7. The summed E-state index contributed by atoms with van der Waals surface area (Å²) in [5.74, 6) is 0. The minimum atomic E-state index is 0.220. The maximum Gasteiger partial charge on any atom is 0.0485 e. The van der Waals surface area contributed by atoms with E-state index in [9.17, 15) is 0 Å². The van der Waals surface area contributed by atoms with Crippen molar-refractivity contribution in [3.63, 3.8) is 0 Å². The molecule has 6 aromatic carbocycles. The van der Waals surface area contributed by atoms with Crippen molar-refractivity contribution in [1.82, 2.24) is 5.32 Å². The van der Waals surface area contributed by atoms with Crippen molar-refractivity contribution in [3.05, 3.63) is 209 Å². The fraction of sp³-hybridized carbons (Fsp3) is 0.228. The van der Waals surface area contributed by atoms with E-state index in [0.29, 0.717) is 0 Å². The topological polar surface area (TPSA) is 12.0 Å². The molecule has 0 saturated heterocycles. The second-order valence-corrected chi connectivity index (χ2v) is 15.4. The lowest BCUT2D eigenvalue weighted by molar-refractivity contribution is 0.699. The number of hydrogen-bond donors (Lipinski definition) is 1. The molecule has 0 amide bonds. The van der Waals surface area contributed by atoms with Crippen LogP contribution >= 0.6 is 0 Å². The van der Waals surface area contributed by atoms with Gasteiger partial charge in [0, 0.05) is 11.7 Å². The lowest BCUT2D eigenvalue weighted by Crippen LogP contribution is -2.17. The van der Waals surface area contributed by atoms with E-state index in [1.807, 2.05) is 26.8 Å². The smallest absolute Gasteiger partial charge is 0.0485 e. The number of fused-ring (bicyclic) bond motifs is 3. The summed E-state index contributed by atoms with van der Waals surface area (Å²) in [5, 5.41) is 3.74. The quantitative estimate of drug-likeness (QED) is 0.146. The Balaban J connectivity index is 0.000000279. The molecule has 2 aliphatic rings. The Morgan fingerprint density at radius 3 is 2.00 bits per heavy atom. The molecule has 1 unspecified atom stereocenters. The largest absolute Gasteiger partial charge is 0.378 e. The summed E-state index contributed by atoms with van der Waals surface area (Å²) in [4.78, 5) is 0. The first-order valence-electron chi connectivity index (χ1n) is 21.4.